The average molecular weight is 110 g/mol. The van der Waals surface area contributed by atoms with Gasteiger partial charge < -0.3 is 5.73 Å². The Bertz CT molecular complexity index is 138. The summed E-state index contributed by atoms with van der Waals surface area (Å²) < 4.78 is 0. The van der Waals surface area contributed by atoms with Crippen LogP contribution in [0, 0.1) is 5.92 Å². The summed E-state index contributed by atoms with van der Waals surface area (Å²) in [5, 5.41) is 0. The van der Waals surface area contributed by atoms with Gasteiger partial charge in [0.1, 0.15) is 5.84 Å². The van der Waals surface area contributed by atoms with Crippen molar-refractivity contribution in [3.8, 4) is 0 Å². The van der Waals surface area contributed by atoms with E-state index in [2.05, 4.69) is 11.9 Å². The van der Waals surface area contributed by atoms with Crippen LogP contribution in [0.25, 0.3) is 0 Å². The SMILES string of the molecule is CC1=CN=C(N)C1C. The van der Waals surface area contributed by atoms with Crippen molar-refractivity contribution in [3.05, 3.63) is 11.8 Å². The standard InChI is InChI=1S/C6H10N2/c1-4-3-8-6(7)5(4)2/h3,5H,1-2H3,(H2,7,8). The molecular weight excluding hydrogens is 100 g/mol. The number of rotatable bonds is 0. The van der Waals surface area contributed by atoms with E-state index in [0.717, 1.165) is 5.84 Å². The fraction of sp³-hybridized carbons (Fsp3) is 0.500. The summed E-state index contributed by atoms with van der Waals surface area (Å²) in [6.07, 6.45) is 1.82. The van der Waals surface area contributed by atoms with Crippen LogP contribution in [-0.2, 0) is 0 Å². The Morgan fingerprint density at radius 3 is 2.50 bits per heavy atom. The lowest BCUT2D eigenvalue weighted by atomic mass is 10.1. The molecule has 0 spiro atoms. The fourth-order valence-corrected chi connectivity index (χ4v) is 0.633. The van der Waals surface area contributed by atoms with E-state index in [1.165, 1.54) is 5.57 Å². The minimum atomic E-state index is 0.370. The van der Waals surface area contributed by atoms with Crippen LogP contribution in [-0.4, -0.2) is 5.84 Å². The summed E-state index contributed by atoms with van der Waals surface area (Å²) in [5.74, 6) is 1.11. The predicted molar refractivity (Wildman–Crippen MR) is 34.5 cm³/mol. The van der Waals surface area contributed by atoms with Gasteiger partial charge in [-0.1, -0.05) is 6.92 Å². The first kappa shape index (κ1) is 5.35. The molecule has 1 aliphatic heterocycles. The van der Waals surface area contributed by atoms with Crippen LogP contribution in [0.2, 0.25) is 0 Å². The first-order chi connectivity index (χ1) is 3.72. The molecule has 44 valence electrons. The van der Waals surface area contributed by atoms with Crippen LogP contribution in [0.4, 0.5) is 0 Å². The van der Waals surface area contributed by atoms with Gasteiger partial charge in [-0.3, -0.25) is 0 Å². The molecule has 1 aliphatic rings. The van der Waals surface area contributed by atoms with Gasteiger partial charge in [-0.05, 0) is 12.5 Å². The molecular formula is C6H10N2. The molecule has 0 aromatic carbocycles. The van der Waals surface area contributed by atoms with Crippen molar-refractivity contribution in [1.29, 1.82) is 0 Å². The monoisotopic (exact) mass is 110 g/mol. The number of hydrogen-bond acceptors (Lipinski definition) is 2. The van der Waals surface area contributed by atoms with E-state index in [0.29, 0.717) is 5.92 Å². The number of nitrogens with zero attached hydrogens (tertiary/aromatic N) is 1. The number of hydrogen-bond donors (Lipinski definition) is 1. The zero-order valence-corrected chi connectivity index (χ0v) is 5.18. The van der Waals surface area contributed by atoms with Crippen LogP contribution in [0.3, 0.4) is 0 Å². The van der Waals surface area contributed by atoms with Gasteiger partial charge >= 0.3 is 0 Å². The topological polar surface area (TPSA) is 38.4 Å². The molecule has 8 heavy (non-hydrogen) atoms. The lowest BCUT2D eigenvalue weighted by Gasteiger charge is -2.01. The quantitative estimate of drug-likeness (QED) is 0.494. The van der Waals surface area contributed by atoms with E-state index in [-0.39, 0.29) is 0 Å². The molecule has 0 fully saturated rings. The maximum Gasteiger partial charge on any atom is 0.106 e. The average Bonchev–Trinajstić information content (AvgIpc) is 1.98. The van der Waals surface area contributed by atoms with E-state index in [1.807, 2.05) is 13.1 Å². The third-order valence-corrected chi connectivity index (χ3v) is 1.54. The summed E-state index contributed by atoms with van der Waals surface area (Å²) in [6.45, 7) is 4.09. The zero-order valence-electron chi connectivity index (χ0n) is 5.18. The number of nitrogens with two attached hydrogens (primary N) is 1. The molecule has 1 atom stereocenters. The third kappa shape index (κ3) is 0.619. The van der Waals surface area contributed by atoms with Crippen molar-refractivity contribution >= 4 is 5.84 Å². The molecule has 1 rings (SSSR count). The Morgan fingerprint density at radius 1 is 1.75 bits per heavy atom. The van der Waals surface area contributed by atoms with Gasteiger partial charge in [-0.25, -0.2) is 4.99 Å². The highest BCUT2D eigenvalue weighted by molar-refractivity contribution is 5.87. The Hall–Kier alpha value is -0.790. The Kier molecular flexibility index (Phi) is 1.08. The first-order valence-electron chi connectivity index (χ1n) is 2.71. The van der Waals surface area contributed by atoms with E-state index in [9.17, 15) is 0 Å². The summed E-state index contributed by atoms with van der Waals surface area (Å²) in [6, 6.07) is 0. The number of aliphatic imine (C=N–C) groups is 1. The molecule has 0 aromatic heterocycles. The van der Waals surface area contributed by atoms with Crippen molar-refractivity contribution in [2.24, 2.45) is 16.6 Å². The van der Waals surface area contributed by atoms with Crippen molar-refractivity contribution in [3.63, 3.8) is 0 Å². The van der Waals surface area contributed by atoms with Crippen molar-refractivity contribution < 1.29 is 0 Å². The van der Waals surface area contributed by atoms with Crippen molar-refractivity contribution in [2.45, 2.75) is 13.8 Å². The summed E-state index contributed by atoms with van der Waals surface area (Å²) in [7, 11) is 0. The number of amidine groups is 1. The maximum atomic E-state index is 5.47. The lowest BCUT2D eigenvalue weighted by molar-refractivity contribution is 0.927. The molecule has 2 heteroatoms. The normalized spacial score (nSPS) is 27.5. The molecule has 0 radical (unpaired) electrons. The van der Waals surface area contributed by atoms with Crippen LogP contribution in [0.5, 0.6) is 0 Å². The van der Waals surface area contributed by atoms with Gasteiger partial charge in [0.25, 0.3) is 0 Å². The van der Waals surface area contributed by atoms with E-state index in [4.69, 9.17) is 5.73 Å². The van der Waals surface area contributed by atoms with E-state index >= 15 is 0 Å². The molecule has 2 nitrogen and oxygen atoms in total. The van der Waals surface area contributed by atoms with Gasteiger partial charge in [0.2, 0.25) is 0 Å². The molecule has 0 saturated carbocycles. The summed E-state index contributed by atoms with van der Waals surface area (Å²) in [4.78, 5) is 3.93. The Balaban J connectivity index is 2.75. The fourth-order valence-electron chi connectivity index (χ4n) is 0.633. The Morgan fingerprint density at radius 2 is 2.38 bits per heavy atom. The van der Waals surface area contributed by atoms with Gasteiger partial charge in [0, 0.05) is 12.1 Å². The maximum absolute atomic E-state index is 5.47. The largest absolute Gasteiger partial charge is 0.387 e. The summed E-state index contributed by atoms with van der Waals surface area (Å²) in [5.41, 5.74) is 6.72. The lowest BCUT2D eigenvalue weighted by Crippen LogP contribution is -2.17. The van der Waals surface area contributed by atoms with Crippen LogP contribution >= 0.6 is 0 Å². The zero-order chi connectivity index (χ0) is 6.15. The van der Waals surface area contributed by atoms with Gasteiger partial charge in [0.15, 0.2) is 0 Å². The van der Waals surface area contributed by atoms with Gasteiger partial charge in [-0.15, -0.1) is 0 Å². The van der Waals surface area contributed by atoms with Crippen LogP contribution in [0.1, 0.15) is 13.8 Å². The molecule has 1 heterocycles. The van der Waals surface area contributed by atoms with Crippen molar-refractivity contribution in [1.82, 2.24) is 0 Å². The first-order valence-corrected chi connectivity index (χ1v) is 2.71. The Labute approximate surface area is 49.1 Å². The minimum absolute atomic E-state index is 0.370. The van der Waals surface area contributed by atoms with Crippen LogP contribution in [0.15, 0.2) is 16.8 Å². The smallest absolute Gasteiger partial charge is 0.106 e. The highest BCUT2D eigenvalue weighted by Crippen LogP contribution is 2.14. The van der Waals surface area contributed by atoms with Crippen molar-refractivity contribution in [2.75, 3.05) is 0 Å². The second-order valence-electron chi connectivity index (χ2n) is 2.15. The minimum Gasteiger partial charge on any atom is -0.387 e. The molecule has 1 unspecified atom stereocenters. The highest BCUT2D eigenvalue weighted by atomic mass is 14.9. The highest BCUT2D eigenvalue weighted by Gasteiger charge is 2.12. The van der Waals surface area contributed by atoms with Gasteiger partial charge in [-0.2, -0.15) is 0 Å². The molecule has 0 aromatic rings. The molecule has 0 bridgehead atoms. The van der Waals surface area contributed by atoms with Gasteiger partial charge in [0.05, 0.1) is 0 Å². The molecule has 0 amide bonds. The van der Waals surface area contributed by atoms with Crippen LogP contribution < -0.4 is 5.73 Å². The van der Waals surface area contributed by atoms with E-state index in [1.54, 1.807) is 0 Å². The summed E-state index contributed by atoms with van der Waals surface area (Å²) >= 11 is 0. The third-order valence-electron chi connectivity index (χ3n) is 1.54. The second-order valence-corrected chi connectivity index (χ2v) is 2.15. The second kappa shape index (κ2) is 1.62. The van der Waals surface area contributed by atoms with E-state index < -0.39 is 0 Å². The predicted octanol–water partition coefficient (Wildman–Crippen LogP) is 0.897. The molecule has 0 aliphatic carbocycles. The molecule has 2 N–H and O–H groups in total. The molecule has 0 saturated heterocycles.